The first-order chi connectivity index (χ1) is 9.24. The number of imidazole rings is 1. The maximum Gasteiger partial charge on any atom is 0.150 e. The van der Waals surface area contributed by atoms with E-state index in [1.807, 2.05) is 32.6 Å². The first-order valence-corrected chi connectivity index (χ1v) is 6.76. The highest BCUT2D eigenvalue weighted by Crippen LogP contribution is 2.26. The number of hydrogen-bond acceptors (Lipinski definition) is 4. The summed E-state index contributed by atoms with van der Waals surface area (Å²) in [5.41, 5.74) is 2.00. The molecule has 1 aliphatic rings. The molecule has 2 aromatic heterocycles. The maximum absolute atomic E-state index is 4.63. The van der Waals surface area contributed by atoms with Gasteiger partial charge in [0.05, 0.1) is 17.7 Å². The van der Waals surface area contributed by atoms with E-state index in [1.54, 1.807) is 0 Å². The molecular formula is C14H19N5. The molecule has 19 heavy (non-hydrogen) atoms. The van der Waals surface area contributed by atoms with Gasteiger partial charge in [-0.05, 0) is 26.7 Å². The quantitative estimate of drug-likeness (QED) is 0.827. The second kappa shape index (κ2) is 4.99. The van der Waals surface area contributed by atoms with E-state index in [0.29, 0.717) is 6.04 Å². The summed E-state index contributed by atoms with van der Waals surface area (Å²) < 4.78 is 2.21. The largest absolute Gasteiger partial charge is 0.355 e. The molecule has 0 amide bonds. The van der Waals surface area contributed by atoms with Crippen LogP contribution in [-0.2, 0) is 0 Å². The summed E-state index contributed by atoms with van der Waals surface area (Å²) >= 11 is 0. The Kier molecular flexibility index (Phi) is 3.19. The van der Waals surface area contributed by atoms with Gasteiger partial charge in [0.1, 0.15) is 5.82 Å². The lowest BCUT2D eigenvalue weighted by molar-refractivity contribution is 0.394. The number of aromatic nitrogens is 4. The third-order valence-electron chi connectivity index (χ3n) is 3.76. The zero-order valence-corrected chi connectivity index (χ0v) is 11.5. The fraction of sp³-hybridized carbons (Fsp3) is 0.500. The molecule has 3 rings (SSSR count). The Hall–Kier alpha value is -1.91. The third-order valence-corrected chi connectivity index (χ3v) is 3.76. The first-order valence-electron chi connectivity index (χ1n) is 6.76. The van der Waals surface area contributed by atoms with Crippen molar-refractivity contribution >= 4 is 5.82 Å². The Morgan fingerprint density at radius 1 is 1.21 bits per heavy atom. The molecule has 5 heteroatoms. The van der Waals surface area contributed by atoms with Crippen molar-refractivity contribution in [1.82, 2.24) is 19.5 Å². The molecule has 3 heterocycles. The molecule has 100 valence electrons. The van der Waals surface area contributed by atoms with E-state index >= 15 is 0 Å². The van der Waals surface area contributed by atoms with Gasteiger partial charge in [-0.3, -0.25) is 4.98 Å². The predicted molar refractivity (Wildman–Crippen MR) is 74.2 cm³/mol. The number of piperidine rings is 1. The van der Waals surface area contributed by atoms with Crippen LogP contribution < -0.4 is 4.90 Å². The topological polar surface area (TPSA) is 46.8 Å². The number of rotatable bonds is 2. The summed E-state index contributed by atoms with van der Waals surface area (Å²) in [5.74, 6) is 1.05. The van der Waals surface area contributed by atoms with Gasteiger partial charge in [-0.1, -0.05) is 0 Å². The average Bonchev–Trinajstić information content (AvgIpc) is 2.96. The normalized spacial score (nSPS) is 16.8. The third kappa shape index (κ3) is 2.45. The van der Waals surface area contributed by atoms with Crippen LogP contribution in [0.4, 0.5) is 5.82 Å². The van der Waals surface area contributed by atoms with Gasteiger partial charge in [0.25, 0.3) is 0 Å². The van der Waals surface area contributed by atoms with E-state index in [1.165, 1.54) is 0 Å². The molecule has 0 aromatic carbocycles. The lowest BCUT2D eigenvalue weighted by Crippen LogP contribution is -2.35. The van der Waals surface area contributed by atoms with Crippen LogP contribution in [0.15, 0.2) is 24.9 Å². The Labute approximate surface area is 113 Å². The summed E-state index contributed by atoms with van der Waals surface area (Å²) in [6.07, 6.45) is 9.91. The molecule has 2 aromatic rings. The fourth-order valence-corrected chi connectivity index (χ4v) is 2.69. The summed E-state index contributed by atoms with van der Waals surface area (Å²) in [6.45, 7) is 6.08. The van der Waals surface area contributed by atoms with E-state index in [-0.39, 0.29) is 0 Å². The van der Waals surface area contributed by atoms with Crippen LogP contribution in [0.3, 0.4) is 0 Å². The number of nitrogens with zero attached hydrogens (tertiary/aromatic N) is 5. The minimum absolute atomic E-state index is 0.567. The number of hydrogen-bond donors (Lipinski definition) is 0. The minimum Gasteiger partial charge on any atom is -0.355 e. The van der Waals surface area contributed by atoms with Gasteiger partial charge in [0.15, 0.2) is 0 Å². The van der Waals surface area contributed by atoms with E-state index in [9.17, 15) is 0 Å². The van der Waals surface area contributed by atoms with Crippen molar-refractivity contribution in [3.63, 3.8) is 0 Å². The Morgan fingerprint density at radius 2 is 2.00 bits per heavy atom. The molecule has 0 radical (unpaired) electrons. The average molecular weight is 257 g/mol. The van der Waals surface area contributed by atoms with Crippen LogP contribution in [0.1, 0.15) is 30.3 Å². The first kappa shape index (κ1) is 12.1. The summed E-state index contributed by atoms with van der Waals surface area (Å²) in [6, 6.07) is 0.567. The van der Waals surface area contributed by atoms with Crippen LogP contribution in [0.5, 0.6) is 0 Å². The molecule has 0 spiro atoms. The smallest absolute Gasteiger partial charge is 0.150 e. The number of anilines is 1. The molecule has 5 nitrogen and oxygen atoms in total. The van der Waals surface area contributed by atoms with Crippen LogP contribution in [0.2, 0.25) is 0 Å². The highest BCUT2D eigenvalue weighted by atomic mass is 15.2. The van der Waals surface area contributed by atoms with Gasteiger partial charge >= 0.3 is 0 Å². The van der Waals surface area contributed by atoms with E-state index < -0.39 is 0 Å². The van der Waals surface area contributed by atoms with Gasteiger partial charge in [0, 0.05) is 37.7 Å². The molecule has 0 N–H and O–H groups in total. The summed E-state index contributed by atoms with van der Waals surface area (Å²) in [5, 5.41) is 0. The molecule has 0 bridgehead atoms. The van der Waals surface area contributed by atoms with Crippen LogP contribution in [0.25, 0.3) is 0 Å². The molecule has 0 saturated carbocycles. The maximum atomic E-state index is 4.63. The lowest BCUT2D eigenvalue weighted by Gasteiger charge is -2.33. The molecule has 1 saturated heterocycles. The van der Waals surface area contributed by atoms with Crippen molar-refractivity contribution in [2.24, 2.45) is 0 Å². The van der Waals surface area contributed by atoms with Crippen molar-refractivity contribution in [2.45, 2.75) is 32.7 Å². The zero-order valence-electron chi connectivity index (χ0n) is 11.5. The second-order valence-corrected chi connectivity index (χ2v) is 5.15. The van der Waals surface area contributed by atoms with E-state index in [4.69, 9.17) is 0 Å². The summed E-state index contributed by atoms with van der Waals surface area (Å²) in [4.78, 5) is 15.5. The van der Waals surface area contributed by atoms with Crippen molar-refractivity contribution in [1.29, 1.82) is 0 Å². The van der Waals surface area contributed by atoms with E-state index in [2.05, 4.69) is 30.6 Å². The minimum atomic E-state index is 0.567. The van der Waals surface area contributed by atoms with Crippen molar-refractivity contribution < 1.29 is 0 Å². The highest BCUT2D eigenvalue weighted by Gasteiger charge is 2.22. The standard InChI is InChI=1S/C14H19N5/c1-11-9-16-12(2)14(17-11)18-6-3-13(4-7-18)19-8-5-15-10-19/h5,8-10,13H,3-4,6-7H2,1-2H3. The molecule has 1 fully saturated rings. The van der Waals surface area contributed by atoms with Gasteiger partial charge in [-0.15, -0.1) is 0 Å². The van der Waals surface area contributed by atoms with Crippen LogP contribution in [0, 0.1) is 13.8 Å². The summed E-state index contributed by atoms with van der Waals surface area (Å²) in [7, 11) is 0. The van der Waals surface area contributed by atoms with Crippen molar-refractivity contribution in [2.75, 3.05) is 18.0 Å². The molecule has 0 atom stereocenters. The second-order valence-electron chi connectivity index (χ2n) is 5.15. The lowest BCUT2D eigenvalue weighted by atomic mass is 10.0. The molecule has 0 aliphatic carbocycles. The van der Waals surface area contributed by atoms with Gasteiger partial charge < -0.3 is 9.47 Å². The molecular weight excluding hydrogens is 238 g/mol. The van der Waals surface area contributed by atoms with Crippen LogP contribution in [-0.4, -0.2) is 32.6 Å². The van der Waals surface area contributed by atoms with Crippen molar-refractivity contribution in [3.8, 4) is 0 Å². The van der Waals surface area contributed by atoms with Gasteiger partial charge in [-0.2, -0.15) is 0 Å². The Balaban J connectivity index is 1.71. The molecule has 1 aliphatic heterocycles. The predicted octanol–water partition coefficient (Wildman–Crippen LogP) is 2.13. The SMILES string of the molecule is Cc1cnc(C)c(N2CCC(n3ccnc3)CC2)n1. The number of aryl methyl sites for hydroxylation is 2. The Bertz CT molecular complexity index is 541. The highest BCUT2D eigenvalue weighted by molar-refractivity contribution is 5.43. The van der Waals surface area contributed by atoms with Crippen molar-refractivity contribution in [3.05, 3.63) is 36.3 Å². The Morgan fingerprint density at radius 3 is 2.68 bits per heavy atom. The fourth-order valence-electron chi connectivity index (χ4n) is 2.69. The zero-order chi connectivity index (χ0) is 13.2. The van der Waals surface area contributed by atoms with E-state index in [0.717, 1.165) is 43.1 Å². The van der Waals surface area contributed by atoms with Gasteiger partial charge in [-0.25, -0.2) is 9.97 Å². The van der Waals surface area contributed by atoms with Crippen LogP contribution >= 0.6 is 0 Å². The molecule has 0 unspecified atom stereocenters. The monoisotopic (exact) mass is 257 g/mol. The van der Waals surface area contributed by atoms with Gasteiger partial charge in [0.2, 0.25) is 0 Å².